The highest BCUT2D eigenvalue weighted by Crippen LogP contribution is 2.34. The molecular formula is C16H24N4O2. The second kappa shape index (κ2) is 5.66. The van der Waals surface area contributed by atoms with Crippen molar-refractivity contribution in [3.63, 3.8) is 0 Å². The predicted octanol–water partition coefficient (Wildman–Crippen LogP) is 1.28. The topological polar surface area (TPSA) is 50.6 Å². The summed E-state index contributed by atoms with van der Waals surface area (Å²) in [5.74, 6) is 1.10. The van der Waals surface area contributed by atoms with E-state index >= 15 is 0 Å². The van der Waals surface area contributed by atoms with Crippen molar-refractivity contribution >= 4 is 5.91 Å². The van der Waals surface area contributed by atoms with Crippen LogP contribution in [-0.2, 0) is 11.3 Å². The van der Waals surface area contributed by atoms with Gasteiger partial charge in [0.1, 0.15) is 11.5 Å². The van der Waals surface area contributed by atoms with Crippen LogP contribution in [0.15, 0.2) is 6.20 Å². The molecule has 1 saturated carbocycles. The van der Waals surface area contributed by atoms with Gasteiger partial charge in [0.05, 0.1) is 19.3 Å². The summed E-state index contributed by atoms with van der Waals surface area (Å²) in [6, 6.07) is 1.03. The predicted molar refractivity (Wildman–Crippen MR) is 81.7 cm³/mol. The van der Waals surface area contributed by atoms with Gasteiger partial charge in [0.25, 0.3) is 5.91 Å². The molecule has 6 nitrogen and oxygen atoms in total. The van der Waals surface area contributed by atoms with Crippen molar-refractivity contribution in [2.24, 2.45) is 0 Å². The van der Waals surface area contributed by atoms with E-state index in [-0.39, 0.29) is 5.91 Å². The van der Waals surface area contributed by atoms with E-state index in [0.29, 0.717) is 38.0 Å². The summed E-state index contributed by atoms with van der Waals surface area (Å²) in [4.78, 5) is 21.7. The number of nitrogens with zero attached hydrogens (tertiary/aromatic N) is 4. The molecule has 3 aliphatic rings. The third-order valence-corrected chi connectivity index (χ3v) is 5.34. The van der Waals surface area contributed by atoms with Crippen LogP contribution in [-0.4, -0.2) is 64.1 Å². The Bertz CT molecular complexity index is 560. The number of aromatic nitrogens is 2. The number of hydrogen-bond acceptors (Lipinski definition) is 4. The van der Waals surface area contributed by atoms with Gasteiger partial charge in [-0.05, 0) is 19.8 Å². The summed E-state index contributed by atoms with van der Waals surface area (Å²) >= 11 is 0. The van der Waals surface area contributed by atoms with Crippen LogP contribution in [0.1, 0.15) is 48.5 Å². The van der Waals surface area contributed by atoms with Gasteiger partial charge in [-0.15, -0.1) is 0 Å². The molecule has 1 amide bonds. The molecule has 22 heavy (non-hydrogen) atoms. The second-order valence-electron chi connectivity index (χ2n) is 6.58. The molecule has 1 atom stereocenters. The number of morpholine rings is 1. The van der Waals surface area contributed by atoms with Crippen molar-refractivity contribution in [3.8, 4) is 0 Å². The zero-order valence-corrected chi connectivity index (χ0v) is 13.2. The molecule has 1 aliphatic carbocycles. The lowest BCUT2D eigenvalue weighted by Crippen LogP contribution is -2.46. The Morgan fingerprint density at radius 2 is 2.00 bits per heavy atom. The molecule has 120 valence electrons. The monoisotopic (exact) mass is 304 g/mol. The smallest absolute Gasteiger partial charge is 0.274 e. The zero-order chi connectivity index (χ0) is 15.1. The number of carbonyl (C=O) groups excluding carboxylic acids is 1. The molecular weight excluding hydrogens is 280 g/mol. The Hall–Kier alpha value is -1.40. The van der Waals surface area contributed by atoms with Crippen molar-refractivity contribution in [3.05, 3.63) is 17.7 Å². The second-order valence-corrected chi connectivity index (χ2v) is 6.58. The lowest BCUT2D eigenvalue weighted by atomic mass is 9.90. The van der Waals surface area contributed by atoms with E-state index in [4.69, 9.17) is 4.74 Å². The Labute approximate surface area is 131 Å². The van der Waals surface area contributed by atoms with E-state index < -0.39 is 0 Å². The van der Waals surface area contributed by atoms with Crippen molar-refractivity contribution in [2.45, 2.75) is 44.8 Å². The van der Waals surface area contributed by atoms with Gasteiger partial charge in [0, 0.05) is 38.4 Å². The molecule has 1 saturated heterocycles. The Kier molecular flexibility index (Phi) is 3.66. The minimum absolute atomic E-state index is 0.0487. The van der Waals surface area contributed by atoms with Crippen molar-refractivity contribution < 1.29 is 9.53 Å². The molecule has 1 aromatic rings. The van der Waals surface area contributed by atoms with E-state index in [1.165, 1.54) is 19.3 Å². The maximum Gasteiger partial charge on any atom is 0.274 e. The lowest BCUT2D eigenvalue weighted by molar-refractivity contribution is 0.0299. The van der Waals surface area contributed by atoms with Gasteiger partial charge in [-0.25, -0.2) is 4.98 Å². The molecule has 2 fully saturated rings. The summed E-state index contributed by atoms with van der Waals surface area (Å²) in [7, 11) is 0. The Morgan fingerprint density at radius 1 is 1.23 bits per heavy atom. The minimum atomic E-state index is 0.0487. The number of amides is 1. The van der Waals surface area contributed by atoms with E-state index in [9.17, 15) is 4.79 Å². The largest absolute Gasteiger partial charge is 0.378 e. The Balaban J connectivity index is 1.53. The first-order valence-electron chi connectivity index (χ1n) is 8.44. The number of imidazole rings is 1. The molecule has 0 N–H and O–H groups in total. The van der Waals surface area contributed by atoms with Crippen LogP contribution >= 0.6 is 0 Å². The molecule has 0 aromatic carbocycles. The van der Waals surface area contributed by atoms with Crippen molar-refractivity contribution in [1.82, 2.24) is 19.4 Å². The van der Waals surface area contributed by atoms with Gasteiger partial charge >= 0.3 is 0 Å². The van der Waals surface area contributed by atoms with Crippen LogP contribution in [0.2, 0.25) is 0 Å². The standard InChI is InChI=1S/C16H24N4O2/c1-12-15-17-14(16(21)18-7-9-22-10-8-18)11-19(15)5-6-20(12)13-3-2-4-13/h11-13H,2-10H2,1H3/t12-/m1/s1. The molecule has 0 spiro atoms. The van der Waals surface area contributed by atoms with Gasteiger partial charge in [-0.1, -0.05) is 6.42 Å². The normalized spacial score (nSPS) is 26.6. The molecule has 6 heteroatoms. The number of hydrogen-bond donors (Lipinski definition) is 0. The van der Waals surface area contributed by atoms with E-state index in [1.807, 2.05) is 11.1 Å². The van der Waals surface area contributed by atoms with Crippen LogP contribution in [0.4, 0.5) is 0 Å². The van der Waals surface area contributed by atoms with Crippen LogP contribution in [0, 0.1) is 0 Å². The van der Waals surface area contributed by atoms with E-state index in [0.717, 1.165) is 25.0 Å². The number of carbonyl (C=O) groups is 1. The first kappa shape index (κ1) is 14.2. The third kappa shape index (κ3) is 2.34. The van der Waals surface area contributed by atoms with Gasteiger partial charge in [0.15, 0.2) is 0 Å². The number of ether oxygens (including phenoxy) is 1. The summed E-state index contributed by atoms with van der Waals surface area (Å²) in [5.41, 5.74) is 0.596. The summed E-state index contributed by atoms with van der Waals surface area (Å²) in [6.07, 6.45) is 5.92. The quantitative estimate of drug-likeness (QED) is 0.826. The summed E-state index contributed by atoms with van der Waals surface area (Å²) < 4.78 is 7.49. The maximum atomic E-state index is 12.6. The fourth-order valence-electron chi connectivity index (χ4n) is 3.76. The van der Waals surface area contributed by atoms with Crippen LogP contribution < -0.4 is 0 Å². The first-order chi connectivity index (χ1) is 10.7. The van der Waals surface area contributed by atoms with Gasteiger partial charge in [0.2, 0.25) is 0 Å². The number of fused-ring (bicyclic) bond motifs is 1. The highest BCUT2D eigenvalue weighted by atomic mass is 16.5. The number of rotatable bonds is 2. The summed E-state index contributed by atoms with van der Waals surface area (Å²) in [5, 5.41) is 0. The van der Waals surface area contributed by atoms with Crippen LogP contribution in [0.5, 0.6) is 0 Å². The molecule has 0 unspecified atom stereocenters. The highest BCUT2D eigenvalue weighted by Gasteiger charge is 2.35. The fourth-order valence-corrected chi connectivity index (χ4v) is 3.76. The maximum absolute atomic E-state index is 12.6. The molecule has 4 rings (SSSR count). The molecule has 0 radical (unpaired) electrons. The van der Waals surface area contributed by atoms with Crippen LogP contribution in [0.3, 0.4) is 0 Å². The summed E-state index contributed by atoms with van der Waals surface area (Å²) in [6.45, 7) is 6.84. The zero-order valence-electron chi connectivity index (χ0n) is 13.2. The lowest BCUT2D eigenvalue weighted by Gasteiger charge is -2.43. The fraction of sp³-hybridized carbons (Fsp3) is 0.750. The Morgan fingerprint density at radius 3 is 2.68 bits per heavy atom. The van der Waals surface area contributed by atoms with Gasteiger partial charge in [-0.3, -0.25) is 9.69 Å². The molecule has 3 heterocycles. The van der Waals surface area contributed by atoms with Gasteiger partial charge < -0.3 is 14.2 Å². The first-order valence-corrected chi connectivity index (χ1v) is 8.44. The molecule has 1 aromatic heterocycles. The van der Waals surface area contributed by atoms with Gasteiger partial charge in [-0.2, -0.15) is 0 Å². The van der Waals surface area contributed by atoms with Crippen LogP contribution in [0.25, 0.3) is 0 Å². The van der Waals surface area contributed by atoms with E-state index in [2.05, 4.69) is 21.4 Å². The van der Waals surface area contributed by atoms with E-state index in [1.54, 1.807) is 0 Å². The average molecular weight is 304 g/mol. The van der Waals surface area contributed by atoms with Crippen molar-refractivity contribution in [2.75, 3.05) is 32.8 Å². The molecule has 0 bridgehead atoms. The SMILES string of the molecule is C[C@@H]1c2nc(C(=O)N3CCOCC3)cn2CCN1C1CCC1. The third-order valence-electron chi connectivity index (χ3n) is 5.34. The molecule has 2 aliphatic heterocycles. The van der Waals surface area contributed by atoms with Crippen molar-refractivity contribution in [1.29, 1.82) is 0 Å². The minimum Gasteiger partial charge on any atom is -0.378 e. The average Bonchev–Trinajstić information content (AvgIpc) is 2.93. The highest BCUT2D eigenvalue weighted by molar-refractivity contribution is 5.92.